The number of hydrogen-bond donors (Lipinski definition) is 1. The first kappa shape index (κ1) is 12.1. The summed E-state index contributed by atoms with van der Waals surface area (Å²) >= 11 is 0. The van der Waals surface area contributed by atoms with Crippen LogP contribution in [0.15, 0.2) is 29.2 Å². The van der Waals surface area contributed by atoms with E-state index in [0.29, 0.717) is 35.4 Å². The second-order valence-electron chi connectivity index (χ2n) is 3.69. The molecule has 0 amide bonds. The molecule has 1 aromatic carbocycles. The van der Waals surface area contributed by atoms with Crippen molar-refractivity contribution in [2.75, 3.05) is 20.3 Å². The molecule has 2 rings (SSSR count). The second-order valence-corrected chi connectivity index (χ2v) is 3.69. The van der Waals surface area contributed by atoms with Gasteiger partial charge in [-0.3, -0.25) is 4.79 Å². The molecule has 0 fully saturated rings. The minimum atomic E-state index is -0.122. The van der Waals surface area contributed by atoms with Gasteiger partial charge in [-0.05, 0) is 6.07 Å². The number of hydrogen-bond acceptors (Lipinski definition) is 4. The van der Waals surface area contributed by atoms with E-state index in [-0.39, 0.29) is 5.43 Å². The fourth-order valence-corrected chi connectivity index (χ4v) is 1.64. The molecule has 2 aromatic rings. The van der Waals surface area contributed by atoms with Crippen molar-refractivity contribution in [2.24, 2.45) is 0 Å². The molecule has 1 heterocycles. The first-order valence-electron chi connectivity index (χ1n) is 5.43. The van der Waals surface area contributed by atoms with Gasteiger partial charge in [0.05, 0.1) is 17.7 Å². The molecule has 92 valence electrons. The molecule has 0 radical (unpaired) electrons. The summed E-state index contributed by atoms with van der Waals surface area (Å²) in [6, 6.07) is 6.64. The van der Waals surface area contributed by atoms with Crippen LogP contribution in [0.4, 0.5) is 0 Å². The van der Waals surface area contributed by atoms with Crippen molar-refractivity contribution in [3.05, 3.63) is 40.2 Å². The standard InChI is InChI=1S/C13H12N2O3/c1-17-4-5-18-13-7-11-10(6-9(13)8-14)12(16)2-3-15-11/h2-3,6-7H,4-5H2,1H3,(H,15,16). The summed E-state index contributed by atoms with van der Waals surface area (Å²) in [5.74, 6) is 0.448. The van der Waals surface area contributed by atoms with Crippen molar-refractivity contribution in [1.29, 1.82) is 5.26 Å². The summed E-state index contributed by atoms with van der Waals surface area (Å²) in [5, 5.41) is 9.53. The van der Waals surface area contributed by atoms with Crippen LogP contribution in [0.1, 0.15) is 5.56 Å². The molecule has 0 aliphatic carbocycles. The molecule has 0 aliphatic rings. The van der Waals surface area contributed by atoms with Crippen LogP contribution < -0.4 is 10.2 Å². The Balaban J connectivity index is 2.47. The third-order valence-corrected chi connectivity index (χ3v) is 2.52. The van der Waals surface area contributed by atoms with Crippen molar-refractivity contribution in [3.8, 4) is 11.8 Å². The van der Waals surface area contributed by atoms with Crippen molar-refractivity contribution >= 4 is 10.9 Å². The van der Waals surface area contributed by atoms with E-state index < -0.39 is 0 Å². The lowest BCUT2D eigenvalue weighted by molar-refractivity contribution is 0.146. The lowest BCUT2D eigenvalue weighted by Crippen LogP contribution is -2.07. The summed E-state index contributed by atoms with van der Waals surface area (Å²) in [5.41, 5.74) is 0.868. The molecular weight excluding hydrogens is 232 g/mol. The Morgan fingerprint density at radius 3 is 2.94 bits per heavy atom. The summed E-state index contributed by atoms with van der Waals surface area (Å²) in [7, 11) is 1.58. The van der Waals surface area contributed by atoms with E-state index in [1.807, 2.05) is 6.07 Å². The maximum Gasteiger partial charge on any atom is 0.189 e. The molecule has 0 saturated carbocycles. The van der Waals surface area contributed by atoms with Crippen molar-refractivity contribution in [3.63, 3.8) is 0 Å². The van der Waals surface area contributed by atoms with Gasteiger partial charge >= 0.3 is 0 Å². The number of H-pyrrole nitrogens is 1. The molecule has 0 aliphatic heterocycles. The minimum absolute atomic E-state index is 0.122. The van der Waals surface area contributed by atoms with E-state index in [0.717, 1.165) is 0 Å². The fraction of sp³-hybridized carbons (Fsp3) is 0.231. The lowest BCUT2D eigenvalue weighted by Gasteiger charge is -2.08. The van der Waals surface area contributed by atoms with Crippen molar-refractivity contribution in [2.45, 2.75) is 0 Å². The fourth-order valence-electron chi connectivity index (χ4n) is 1.64. The molecule has 1 aromatic heterocycles. The van der Waals surface area contributed by atoms with Crippen molar-refractivity contribution in [1.82, 2.24) is 4.98 Å². The van der Waals surface area contributed by atoms with Crippen LogP contribution in [0.2, 0.25) is 0 Å². The van der Waals surface area contributed by atoms with Crippen molar-refractivity contribution < 1.29 is 9.47 Å². The Labute approximate surface area is 104 Å². The second kappa shape index (κ2) is 5.34. The molecule has 0 saturated heterocycles. The number of fused-ring (bicyclic) bond motifs is 1. The predicted molar refractivity (Wildman–Crippen MR) is 66.7 cm³/mol. The Morgan fingerprint density at radius 2 is 2.22 bits per heavy atom. The lowest BCUT2D eigenvalue weighted by atomic mass is 10.1. The highest BCUT2D eigenvalue weighted by molar-refractivity contribution is 5.82. The van der Waals surface area contributed by atoms with E-state index in [1.165, 1.54) is 12.1 Å². The van der Waals surface area contributed by atoms with Gasteiger partial charge in [0.1, 0.15) is 18.4 Å². The van der Waals surface area contributed by atoms with Gasteiger partial charge in [0.15, 0.2) is 5.43 Å². The Kier molecular flexibility index (Phi) is 3.60. The number of aromatic nitrogens is 1. The van der Waals surface area contributed by atoms with E-state index in [9.17, 15) is 4.79 Å². The molecule has 0 spiro atoms. The zero-order valence-electron chi connectivity index (χ0n) is 9.90. The summed E-state index contributed by atoms with van der Waals surface area (Å²) in [6.45, 7) is 0.794. The predicted octanol–water partition coefficient (Wildman–Crippen LogP) is 1.42. The number of benzene rings is 1. The van der Waals surface area contributed by atoms with Crippen LogP contribution in [0.25, 0.3) is 10.9 Å². The van der Waals surface area contributed by atoms with E-state index in [4.69, 9.17) is 14.7 Å². The summed E-state index contributed by atoms with van der Waals surface area (Å²) in [6.07, 6.45) is 1.57. The first-order valence-corrected chi connectivity index (χ1v) is 5.43. The van der Waals surface area contributed by atoms with Gasteiger partial charge in [-0.15, -0.1) is 0 Å². The van der Waals surface area contributed by atoms with Gasteiger partial charge in [-0.25, -0.2) is 0 Å². The highest BCUT2D eigenvalue weighted by atomic mass is 16.5. The molecule has 18 heavy (non-hydrogen) atoms. The quantitative estimate of drug-likeness (QED) is 0.825. The molecule has 5 nitrogen and oxygen atoms in total. The number of methoxy groups -OCH3 is 1. The molecule has 0 atom stereocenters. The minimum Gasteiger partial charge on any atom is -0.490 e. The third-order valence-electron chi connectivity index (χ3n) is 2.52. The van der Waals surface area contributed by atoms with Crippen LogP contribution in [-0.2, 0) is 4.74 Å². The van der Waals surface area contributed by atoms with Gasteiger partial charge in [-0.1, -0.05) is 0 Å². The van der Waals surface area contributed by atoms with Crippen LogP contribution in [0, 0.1) is 11.3 Å². The molecule has 5 heteroatoms. The highest BCUT2D eigenvalue weighted by Crippen LogP contribution is 2.22. The van der Waals surface area contributed by atoms with E-state index in [2.05, 4.69) is 4.98 Å². The SMILES string of the molecule is COCCOc1cc2[nH]ccc(=O)c2cc1C#N. The largest absolute Gasteiger partial charge is 0.490 e. The molecule has 1 N–H and O–H groups in total. The number of rotatable bonds is 4. The van der Waals surface area contributed by atoms with Crippen LogP contribution in [0.5, 0.6) is 5.75 Å². The average molecular weight is 244 g/mol. The van der Waals surface area contributed by atoms with E-state index in [1.54, 1.807) is 19.4 Å². The van der Waals surface area contributed by atoms with Gasteiger partial charge in [0.25, 0.3) is 0 Å². The number of nitrogens with zero attached hydrogens (tertiary/aromatic N) is 1. The first-order chi connectivity index (χ1) is 8.76. The number of pyridine rings is 1. The molecule has 0 bridgehead atoms. The third kappa shape index (κ3) is 2.34. The number of aromatic amines is 1. The smallest absolute Gasteiger partial charge is 0.189 e. The maximum atomic E-state index is 11.6. The van der Waals surface area contributed by atoms with Gasteiger partial charge in [-0.2, -0.15) is 5.26 Å². The monoisotopic (exact) mass is 244 g/mol. The van der Waals surface area contributed by atoms with Crippen LogP contribution >= 0.6 is 0 Å². The number of nitriles is 1. The number of nitrogens with one attached hydrogen (secondary N) is 1. The molecule has 0 unspecified atom stereocenters. The maximum absolute atomic E-state index is 11.6. The zero-order chi connectivity index (χ0) is 13.0. The molecular formula is C13H12N2O3. The topological polar surface area (TPSA) is 75.1 Å². The zero-order valence-corrected chi connectivity index (χ0v) is 9.90. The Morgan fingerprint density at radius 1 is 1.39 bits per heavy atom. The Hall–Kier alpha value is -2.32. The van der Waals surface area contributed by atoms with Crippen LogP contribution in [0.3, 0.4) is 0 Å². The Bertz CT molecular complexity index is 655. The average Bonchev–Trinajstić information content (AvgIpc) is 2.39. The van der Waals surface area contributed by atoms with Gasteiger partial charge < -0.3 is 14.5 Å². The van der Waals surface area contributed by atoms with E-state index >= 15 is 0 Å². The summed E-state index contributed by atoms with van der Waals surface area (Å²) in [4.78, 5) is 14.6. The normalized spacial score (nSPS) is 10.2. The number of ether oxygens (including phenoxy) is 2. The summed E-state index contributed by atoms with van der Waals surface area (Å²) < 4.78 is 10.3. The highest BCUT2D eigenvalue weighted by Gasteiger charge is 2.08. The van der Waals surface area contributed by atoms with Gasteiger partial charge in [0, 0.05) is 30.8 Å². The van der Waals surface area contributed by atoms with Crippen LogP contribution in [-0.4, -0.2) is 25.3 Å². The van der Waals surface area contributed by atoms with Gasteiger partial charge in [0.2, 0.25) is 0 Å².